The van der Waals surface area contributed by atoms with Gasteiger partial charge in [-0.3, -0.25) is 4.79 Å². The average molecular weight is 372 g/mol. The lowest BCUT2D eigenvalue weighted by Gasteiger charge is -2.32. The van der Waals surface area contributed by atoms with Gasteiger partial charge in [0.15, 0.2) is 6.61 Å². The highest BCUT2D eigenvalue weighted by Gasteiger charge is 2.63. The Kier molecular flexibility index (Phi) is 5.65. The number of carbonyl (C=O) groups is 1. The van der Waals surface area contributed by atoms with E-state index in [2.05, 4.69) is 5.10 Å². The van der Waals surface area contributed by atoms with Crippen LogP contribution in [0.4, 0.5) is 13.2 Å². The Bertz CT molecular complexity index is 696. The van der Waals surface area contributed by atoms with Crippen molar-refractivity contribution in [3.05, 3.63) is 29.3 Å². The number of hydrogen-bond donors (Lipinski definition) is 1. The standard InChI is InChI=1S/C18H23F3N2O3/c1-11(2)5-14-9-17(25,18(19,20)21)23(22-14)16(24)10-26-15-7-12(3)6-13(4)8-15/h6-8,11,25H,5,9-10H2,1-4H3/t17-/m1/s1. The summed E-state index contributed by atoms with van der Waals surface area (Å²) in [5.74, 6) is -0.632. The van der Waals surface area contributed by atoms with Crippen molar-refractivity contribution >= 4 is 11.6 Å². The number of benzene rings is 1. The molecule has 0 saturated carbocycles. The van der Waals surface area contributed by atoms with Gasteiger partial charge < -0.3 is 9.84 Å². The summed E-state index contributed by atoms with van der Waals surface area (Å²) < 4.78 is 45.5. The SMILES string of the molecule is Cc1cc(C)cc(OCC(=O)N2N=C(CC(C)C)C[C@@]2(O)C(F)(F)F)c1. The smallest absolute Gasteiger partial charge is 0.438 e. The molecule has 2 rings (SSSR count). The lowest BCUT2D eigenvalue weighted by molar-refractivity contribution is -0.302. The molecule has 144 valence electrons. The maximum Gasteiger partial charge on any atom is 0.438 e. The third-order valence-electron chi connectivity index (χ3n) is 3.93. The Morgan fingerprint density at radius 2 is 1.88 bits per heavy atom. The molecule has 0 bridgehead atoms. The van der Waals surface area contributed by atoms with Gasteiger partial charge in [0, 0.05) is 12.1 Å². The Morgan fingerprint density at radius 1 is 1.31 bits per heavy atom. The number of carbonyl (C=O) groups excluding carboxylic acids is 1. The van der Waals surface area contributed by atoms with E-state index in [1.54, 1.807) is 12.1 Å². The zero-order valence-corrected chi connectivity index (χ0v) is 15.2. The fourth-order valence-electron chi connectivity index (χ4n) is 2.91. The second-order valence-corrected chi connectivity index (χ2v) is 7.07. The molecule has 0 radical (unpaired) electrons. The first-order chi connectivity index (χ1) is 11.9. The maximum atomic E-state index is 13.4. The number of hydrazone groups is 1. The van der Waals surface area contributed by atoms with E-state index in [0.717, 1.165) is 11.1 Å². The van der Waals surface area contributed by atoms with Crippen molar-refractivity contribution in [2.24, 2.45) is 11.0 Å². The molecule has 0 aliphatic carbocycles. The highest BCUT2D eigenvalue weighted by Crippen LogP contribution is 2.41. The summed E-state index contributed by atoms with van der Waals surface area (Å²) in [7, 11) is 0. The molecule has 5 nitrogen and oxygen atoms in total. The third-order valence-corrected chi connectivity index (χ3v) is 3.93. The van der Waals surface area contributed by atoms with Gasteiger partial charge in [0.1, 0.15) is 5.75 Å². The minimum absolute atomic E-state index is 0.0489. The molecule has 1 aromatic carbocycles. The van der Waals surface area contributed by atoms with Crippen molar-refractivity contribution in [1.29, 1.82) is 0 Å². The number of alkyl halides is 3. The topological polar surface area (TPSA) is 62.1 Å². The molecule has 1 aliphatic heterocycles. The molecule has 0 fully saturated rings. The van der Waals surface area contributed by atoms with Gasteiger partial charge in [-0.25, -0.2) is 0 Å². The third kappa shape index (κ3) is 4.35. The summed E-state index contributed by atoms with van der Waals surface area (Å²) >= 11 is 0. The molecule has 26 heavy (non-hydrogen) atoms. The lowest BCUT2D eigenvalue weighted by atomic mass is 9.99. The molecule has 0 saturated heterocycles. The van der Waals surface area contributed by atoms with Gasteiger partial charge >= 0.3 is 6.18 Å². The van der Waals surface area contributed by atoms with E-state index in [-0.39, 0.29) is 23.1 Å². The van der Waals surface area contributed by atoms with E-state index in [9.17, 15) is 23.1 Å². The molecule has 0 aromatic heterocycles. The van der Waals surface area contributed by atoms with Crippen molar-refractivity contribution in [1.82, 2.24) is 5.01 Å². The van der Waals surface area contributed by atoms with Crippen LogP contribution >= 0.6 is 0 Å². The molecule has 0 unspecified atom stereocenters. The van der Waals surface area contributed by atoms with Crippen LogP contribution in [0, 0.1) is 19.8 Å². The molecule has 8 heteroatoms. The van der Waals surface area contributed by atoms with Crippen molar-refractivity contribution in [2.45, 2.75) is 52.4 Å². The van der Waals surface area contributed by atoms with Crippen LogP contribution in [0.5, 0.6) is 5.75 Å². The van der Waals surface area contributed by atoms with Crippen LogP contribution in [-0.4, -0.2) is 40.2 Å². The molecule has 1 aliphatic rings. The second-order valence-electron chi connectivity index (χ2n) is 7.07. The first-order valence-electron chi connectivity index (χ1n) is 8.32. The van der Waals surface area contributed by atoms with E-state index >= 15 is 0 Å². The lowest BCUT2D eigenvalue weighted by Crippen LogP contribution is -2.57. The number of rotatable bonds is 5. The van der Waals surface area contributed by atoms with Gasteiger partial charge in [-0.15, -0.1) is 0 Å². The van der Waals surface area contributed by atoms with E-state index in [1.807, 2.05) is 33.8 Å². The number of ether oxygens (including phenoxy) is 1. The molecule has 1 heterocycles. The number of aryl methyl sites for hydroxylation is 2. The van der Waals surface area contributed by atoms with Crippen molar-refractivity contribution in [2.75, 3.05) is 6.61 Å². The summed E-state index contributed by atoms with van der Waals surface area (Å²) in [6.07, 6.45) is -5.51. The summed E-state index contributed by atoms with van der Waals surface area (Å²) in [4.78, 5) is 12.3. The highest BCUT2D eigenvalue weighted by atomic mass is 19.4. The van der Waals surface area contributed by atoms with Crippen LogP contribution in [0.15, 0.2) is 23.3 Å². The van der Waals surface area contributed by atoms with Crippen molar-refractivity contribution in [3.63, 3.8) is 0 Å². The second kappa shape index (κ2) is 7.26. The minimum Gasteiger partial charge on any atom is -0.484 e. The number of aliphatic hydroxyl groups is 1. The number of hydrogen-bond acceptors (Lipinski definition) is 4. The minimum atomic E-state index is -5.02. The van der Waals surface area contributed by atoms with Gasteiger partial charge in [-0.05, 0) is 49.4 Å². The molecule has 0 spiro atoms. The predicted molar refractivity (Wildman–Crippen MR) is 90.8 cm³/mol. The Balaban J connectivity index is 2.18. The number of amides is 1. The summed E-state index contributed by atoms with van der Waals surface area (Å²) in [5.41, 5.74) is -1.39. The van der Waals surface area contributed by atoms with Crippen LogP contribution in [0.25, 0.3) is 0 Å². The highest BCUT2D eigenvalue weighted by molar-refractivity contribution is 5.91. The fraction of sp³-hybridized carbons (Fsp3) is 0.556. The van der Waals surface area contributed by atoms with Gasteiger partial charge in [-0.1, -0.05) is 19.9 Å². The van der Waals surface area contributed by atoms with Crippen molar-refractivity contribution in [3.8, 4) is 5.75 Å². The van der Waals surface area contributed by atoms with E-state index in [0.29, 0.717) is 5.75 Å². The van der Waals surface area contributed by atoms with Crippen LogP contribution in [-0.2, 0) is 4.79 Å². The maximum absolute atomic E-state index is 13.4. The van der Waals surface area contributed by atoms with Gasteiger partial charge in [0.05, 0.1) is 0 Å². The van der Waals surface area contributed by atoms with E-state index in [4.69, 9.17) is 4.74 Å². The van der Waals surface area contributed by atoms with E-state index in [1.165, 1.54) is 0 Å². The Labute approximate surface area is 150 Å². The Morgan fingerprint density at radius 3 is 2.38 bits per heavy atom. The zero-order valence-electron chi connectivity index (χ0n) is 15.2. The van der Waals surface area contributed by atoms with Crippen LogP contribution in [0.2, 0.25) is 0 Å². The largest absolute Gasteiger partial charge is 0.484 e. The van der Waals surface area contributed by atoms with E-state index < -0.39 is 30.8 Å². The van der Waals surface area contributed by atoms with Crippen LogP contribution in [0.1, 0.15) is 37.8 Å². The zero-order chi connectivity index (χ0) is 19.7. The summed E-state index contributed by atoms with van der Waals surface area (Å²) in [6.45, 7) is 6.67. The Hall–Kier alpha value is -2.09. The molecular formula is C18H23F3N2O3. The number of nitrogens with zero attached hydrogens (tertiary/aromatic N) is 2. The normalized spacial score (nSPS) is 20.5. The van der Waals surface area contributed by atoms with Crippen LogP contribution in [0.3, 0.4) is 0 Å². The molecule has 1 N–H and O–H groups in total. The molecule has 1 atom stereocenters. The first-order valence-corrected chi connectivity index (χ1v) is 8.32. The average Bonchev–Trinajstić information content (AvgIpc) is 2.80. The monoisotopic (exact) mass is 372 g/mol. The fourth-order valence-corrected chi connectivity index (χ4v) is 2.91. The van der Waals surface area contributed by atoms with Crippen LogP contribution < -0.4 is 4.74 Å². The molecule has 1 amide bonds. The quantitative estimate of drug-likeness (QED) is 0.860. The predicted octanol–water partition coefficient (Wildman–Crippen LogP) is 3.57. The molecule has 1 aromatic rings. The summed E-state index contributed by atoms with van der Waals surface area (Å²) in [6, 6.07) is 5.25. The van der Waals surface area contributed by atoms with Crippen molar-refractivity contribution < 1.29 is 27.8 Å². The van der Waals surface area contributed by atoms with Gasteiger partial charge in [-0.2, -0.15) is 23.3 Å². The first kappa shape index (κ1) is 20.2. The van der Waals surface area contributed by atoms with Gasteiger partial charge in [0.2, 0.25) is 0 Å². The number of halogens is 3. The van der Waals surface area contributed by atoms with Gasteiger partial charge in [0.25, 0.3) is 11.6 Å². The molecular weight excluding hydrogens is 349 g/mol. The summed E-state index contributed by atoms with van der Waals surface area (Å²) in [5, 5.41) is 14.0.